The van der Waals surface area contributed by atoms with E-state index >= 15 is 0 Å². The zero-order chi connectivity index (χ0) is 12.0. The van der Waals surface area contributed by atoms with Crippen molar-refractivity contribution < 1.29 is 14.3 Å². The van der Waals surface area contributed by atoms with E-state index in [0.717, 1.165) is 17.1 Å². The number of fused-ring (bicyclic) bond motifs is 2. The molecule has 6 heteroatoms. The zero-order valence-electron chi connectivity index (χ0n) is 9.26. The van der Waals surface area contributed by atoms with Crippen molar-refractivity contribution in [2.75, 3.05) is 19.3 Å². The minimum absolute atomic E-state index is 0.453. The van der Waals surface area contributed by atoms with E-state index in [1.165, 1.54) is 9.78 Å². The van der Waals surface area contributed by atoms with Gasteiger partial charge in [-0.05, 0) is 11.4 Å². The number of hydrogen-bond acceptors (Lipinski definition) is 5. The number of carbonyl (C=O) groups excluding carboxylic acids is 2. The minimum atomic E-state index is -0.738. The maximum atomic E-state index is 11.6. The van der Waals surface area contributed by atoms with Crippen LogP contribution in [0.2, 0.25) is 0 Å². The van der Waals surface area contributed by atoms with Gasteiger partial charge in [0.2, 0.25) is 0 Å². The molecule has 1 fully saturated rings. The Balaban J connectivity index is 2.04. The normalized spacial score (nSPS) is 28.2. The lowest BCUT2D eigenvalue weighted by Gasteiger charge is -2.42. The number of thiophene rings is 1. The molecule has 4 nitrogen and oxygen atoms in total. The maximum absolute atomic E-state index is 11.6. The van der Waals surface area contributed by atoms with Gasteiger partial charge in [0.1, 0.15) is 0 Å². The van der Waals surface area contributed by atoms with Gasteiger partial charge in [-0.3, -0.25) is 4.79 Å². The third-order valence-electron chi connectivity index (χ3n) is 3.11. The number of morpholine rings is 1. The van der Waals surface area contributed by atoms with Crippen LogP contribution in [0.3, 0.4) is 0 Å². The van der Waals surface area contributed by atoms with Crippen LogP contribution in [0.25, 0.3) is 0 Å². The van der Waals surface area contributed by atoms with E-state index in [1.807, 2.05) is 11.4 Å². The van der Waals surface area contributed by atoms with Crippen LogP contribution in [-0.2, 0) is 25.7 Å². The molecule has 1 saturated heterocycles. The van der Waals surface area contributed by atoms with Gasteiger partial charge >= 0.3 is 11.9 Å². The molecule has 1 aromatic rings. The Morgan fingerprint density at radius 1 is 1.47 bits per heavy atom. The Bertz CT molecular complexity index is 499. The smallest absolute Gasteiger partial charge is 0.398 e. The molecule has 1 spiro atoms. The first-order chi connectivity index (χ1) is 8.12. The Labute approximate surface area is 107 Å². The third kappa shape index (κ3) is 1.58. The molecule has 0 radical (unpaired) electrons. The van der Waals surface area contributed by atoms with Crippen molar-refractivity contribution in [2.45, 2.75) is 11.4 Å². The highest BCUT2D eigenvalue weighted by Gasteiger charge is 2.48. The second-order valence-corrected chi connectivity index (χ2v) is 6.28. The quantitative estimate of drug-likeness (QED) is 0.524. The number of esters is 1. The van der Waals surface area contributed by atoms with Gasteiger partial charge in [0.25, 0.3) is 0 Å². The lowest BCUT2D eigenvalue weighted by atomic mass is 9.94. The predicted molar refractivity (Wildman–Crippen MR) is 65.9 cm³/mol. The number of likely N-dealkylation sites (N-methyl/N-ethyl adjacent to an activating group) is 1. The number of carbonyl (C=O) groups is 2. The monoisotopic (exact) mass is 269 g/mol. The highest BCUT2D eigenvalue weighted by molar-refractivity contribution is 7.98. The molecule has 0 N–H and O–H groups in total. The molecule has 0 aliphatic carbocycles. The summed E-state index contributed by atoms with van der Waals surface area (Å²) in [5.41, 5.74) is 0.451. The summed E-state index contributed by atoms with van der Waals surface area (Å²) in [5.74, 6) is 0.394. The molecular formula is C11H11NO3S2. The van der Waals surface area contributed by atoms with Gasteiger partial charge < -0.3 is 9.64 Å². The predicted octanol–water partition coefficient (Wildman–Crippen LogP) is 1.21. The number of amides is 1. The van der Waals surface area contributed by atoms with E-state index in [0.29, 0.717) is 6.54 Å². The van der Waals surface area contributed by atoms with E-state index in [2.05, 4.69) is 0 Å². The van der Waals surface area contributed by atoms with Crippen LogP contribution >= 0.6 is 23.1 Å². The van der Waals surface area contributed by atoms with Crippen molar-refractivity contribution in [1.82, 2.24) is 4.90 Å². The highest BCUT2D eigenvalue weighted by Crippen LogP contribution is 2.43. The first-order valence-electron chi connectivity index (χ1n) is 5.25. The molecule has 90 valence electrons. The molecule has 0 aromatic carbocycles. The molecule has 1 amide bonds. The summed E-state index contributed by atoms with van der Waals surface area (Å²) in [5, 5.41) is 2.02. The molecule has 0 bridgehead atoms. The topological polar surface area (TPSA) is 46.6 Å². The van der Waals surface area contributed by atoms with Crippen molar-refractivity contribution >= 4 is 35.0 Å². The molecule has 2 aliphatic heterocycles. The van der Waals surface area contributed by atoms with Gasteiger partial charge in [-0.15, -0.1) is 11.3 Å². The summed E-state index contributed by atoms with van der Waals surface area (Å²) >= 11 is 3.43. The lowest BCUT2D eigenvalue weighted by Crippen LogP contribution is -2.55. The van der Waals surface area contributed by atoms with Crippen LogP contribution < -0.4 is 0 Å². The van der Waals surface area contributed by atoms with E-state index in [1.54, 1.807) is 30.1 Å². The van der Waals surface area contributed by atoms with E-state index in [4.69, 9.17) is 4.74 Å². The number of ether oxygens (including phenoxy) is 1. The zero-order valence-corrected chi connectivity index (χ0v) is 10.9. The average molecular weight is 269 g/mol. The fourth-order valence-electron chi connectivity index (χ4n) is 2.32. The molecule has 3 rings (SSSR count). The van der Waals surface area contributed by atoms with Crippen LogP contribution in [0.15, 0.2) is 11.4 Å². The lowest BCUT2D eigenvalue weighted by molar-refractivity contribution is -0.182. The summed E-state index contributed by atoms with van der Waals surface area (Å²) < 4.78 is 5.44. The second kappa shape index (κ2) is 3.74. The van der Waals surface area contributed by atoms with Gasteiger partial charge in [0, 0.05) is 29.0 Å². The number of hydrogen-bond donors (Lipinski definition) is 0. The van der Waals surface area contributed by atoms with E-state index in [9.17, 15) is 9.59 Å². The van der Waals surface area contributed by atoms with Crippen LogP contribution in [-0.4, -0.2) is 36.1 Å². The van der Waals surface area contributed by atoms with Gasteiger partial charge in [-0.25, -0.2) is 4.79 Å². The van der Waals surface area contributed by atoms with Gasteiger partial charge in [-0.1, -0.05) is 0 Å². The number of nitrogens with zero attached hydrogens (tertiary/aromatic N) is 1. The van der Waals surface area contributed by atoms with Gasteiger partial charge in [0.15, 0.2) is 5.60 Å². The average Bonchev–Trinajstić information content (AvgIpc) is 2.76. The van der Waals surface area contributed by atoms with Crippen LogP contribution in [0.1, 0.15) is 10.4 Å². The minimum Gasteiger partial charge on any atom is -0.444 e. The summed E-state index contributed by atoms with van der Waals surface area (Å²) in [6.45, 7) is 0.453. The first-order valence-corrected chi connectivity index (χ1v) is 7.29. The van der Waals surface area contributed by atoms with Crippen LogP contribution in [0, 0.1) is 0 Å². The van der Waals surface area contributed by atoms with Crippen molar-refractivity contribution in [2.24, 2.45) is 0 Å². The van der Waals surface area contributed by atoms with Gasteiger partial charge in [-0.2, -0.15) is 11.8 Å². The summed E-state index contributed by atoms with van der Waals surface area (Å²) in [4.78, 5) is 25.7. The van der Waals surface area contributed by atoms with Gasteiger partial charge in [0.05, 0.1) is 6.54 Å². The van der Waals surface area contributed by atoms with Crippen LogP contribution in [0.4, 0.5) is 0 Å². The van der Waals surface area contributed by atoms with E-state index < -0.39 is 17.5 Å². The molecular weight excluding hydrogens is 258 g/mol. The molecule has 17 heavy (non-hydrogen) atoms. The Hall–Kier alpha value is -1.01. The Kier molecular flexibility index (Phi) is 2.45. The SMILES string of the molecule is CN1CC2(CSCc3sccc32)OC(=O)C1=O. The molecule has 1 aromatic heterocycles. The Morgan fingerprint density at radius 2 is 2.29 bits per heavy atom. The third-order valence-corrected chi connectivity index (χ3v) is 5.37. The largest absolute Gasteiger partial charge is 0.444 e. The molecule has 1 atom stereocenters. The molecule has 2 aliphatic rings. The molecule has 0 saturated carbocycles. The number of rotatable bonds is 0. The number of thioether (sulfide) groups is 1. The molecule has 1 unspecified atom stereocenters. The van der Waals surface area contributed by atoms with Crippen molar-refractivity contribution in [3.05, 3.63) is 21.9 Å². The van der Waals surface area contributed by atoms with E-state index in [-0.39, 0.29) is 0 Å². The standard InChI is InChI=1S/C11H11NO3S2/c1-12-5-11(15-10(14)9(12)13)6-16-4-8-7(11)2-3-17-8/h2-3H,4-6H2,1H3. The Morgan fingerprint density at radius 3 is 3.06 bits per heavy atom. The summed E-state index contributed by atoms with van der Waals surface area (Å²) in [6, 6.07) is 2.01. The van der Waals surface area contributed by atoms with Crippen molar-refractivity contribution in [3.63, 3.8) is 0 Å². The fraction of sp³-hybridized carbons (Fsp3) is 0.455. The molecule has 3 heterocycles. The second-order valence-electron chi connectivity index (χ2n) is 4.30. The van der Waals surface area contributed by atoms with Crippen molar-refractivity contribution in [3.8, 4) is 0 Å². The fourth-order valence-corrected chi connectivity index (χ4v) is 4.67. The van der Waals surface area contributed by atoms with Crippen LogP contribution in [0.5, 0.6) is 0 Å². The summed E-state index contributed by atoms with van der Waals surface area (Å²) in [7, 11) is 1.65. The van der Waals surface area contributed by atoms with Crippen molar-refractivity contribution in [1.29, 1.82) is 0 Å². The highest BCUT2D eigenvalue weighted by atomic mass is 32.2. The maximum Gasteiger partial charge on any atom is 0.398 e. The first kappa shape index (κ1) is 11.1. The summed E-state index contributed by atoms with van der Waals surface area (Å²) in [6.07, 6.45) is 0.